The van der Waals surface area contributed by atoms with Gasteiger partial charge in [-0.05, 0) is 37.1 Å². The van der Waals surface area contributed by atoms with E-state index in [-0.39, 0.29) is 19.1 Å². The number of esters is 1. The summed E-state index contributed by atoms with van der Waals surface area (Å²) >= 11 is 5.93. The van der Waals surface area contributed by atoms with Gasteiger partial charge in [-0.1, -0.05) is 41.9 Å². The zero-order chi connectivity index (χ0) is 21.4. The molecule has 2 rings (SSSR count). The van der Waals surface area contributed by atoms with Gasteiger partial charge in [0.1, 0.15) is 5.75 Å². The quantitative estimate of drug-likeness (QED) is 0.666. The Balaban J connectivity index is 1.76. The summed E-state index contributed by atoms with van der Waals surface area (Å²) in [6, 6.07) is 12.4. The van der Waals surface area contributed by atoms with Gasteiger partial charge in [-0.3, -0.25) is 9.59 Å². The molecule has 0 radical (unpaired) electrons. The van der Waals surface area contributed by atoms with Crippen LogP contribution in [0.2, 0.25) is 5.02 Å². The molecule has 0 bridgehead atoms. The molecule has 0 aliphatic rings. The highest BCUT2D eigenvalue weighted by atomic mass is 35.5. The van der Waals surface area contributed by atoms with Crippen LogP contribution in [-0.2, 0) is 19.1 Å². The van der Waals surface area contributed by atoms with Gasteiger partial charge >= 0.3 is 5.97 Å². The van der Waals surface area contributed by atoms with Crippen LogP contribution in [0.1, 0.15) is 11.1 Å². The Kier molecular flexibility index (Phi) is 8.03. The average molecular weight is 419 g/mol. The molecular formula is C21H23ClN2O5. The summed E-state index contributed by atoms with van der Waals surface area (Å²) in [7, 11) is 1.46. The van der Waals surface area contributed by atoms with E-state index < -0.39 is 18.5 Å². The van der Waals surface area contributed by atoms with Crippen LogP contribution in [0.5, 0.6) is 5.75 Å². The van der Waals surface area contributed by atoms with E-state index in [9.17, 15) is 14.4 Å². The van der Waals surface area contributed by atoms with Crippen LogP contribution in [0.25, 0.3) is 0 Å². The van der Waals surface area contributed by atoms with E-state index in [0.29, 0.717) is 10.8 Å². The number of aryl methyl sites for hydroxylation is 2. The normalized spacial score (nSPS) is 10.2. The number of hydrogen-bond acceptors (Lipinski definition) is 5. The number of carbonyl (C=O) groups is 3. The lowest BCUT2D eigenvalue weighted by Gasteiger charge is -2.18. The van der Waals surface area contributed by atoms with E-state index >= 15 is 0 Å². The summed E-state index contributed by atoms with van der Waals surface area (Å²) in [5.41, 5.74) is 2.58. The number of rotatable bonds is 8. The molecule has 0 saturated heterocycles. The summed E-state index contributed by atoms with van der Waals surface area (Å²) in [5, 5.41) is 3.17. The summed E-state index contributed by atoms with van der Waals surface area (Å²) in [6.45, 7) is 2.75. The fourth-order valence-corrected chi connectivity index (χ4v) is 2.68. The first-order chi connectivity index (χ1) is 13.8. The summed E-state index contributed by atoms with van der Waals surface area (Å²) in [5.74, 6) is -1.22. The number of nitrogens with zero attached hydrogens (tertiary/aromatic N) is 1. The Morgan fingerprint density at radius 3 is 2.31 bits per heavy atom. The van der Waals surface area contributed by atoms with Crippen LogP contribution < -0.4 is 10.1 Å². The molecule has 29 heavy (non-hydrogen) atoms. The van der Waals surface area contributed by atoms with Crippen molar-refractivity contribution >= 4 is 35.1 Å². The van der Waals surface area contributed by atoms with E-state index in [4.69, 9.17) is 21.1 Å². The molecule has 154 valence electrons. The van der Waals surface area contributed by atoms with Crippen LogP contribution in [-0.4, -0.2) is 49.5 Å². The molecule has 0 aliphatic heterocycles. The van der Waals surface area contributed by atoms with E-state index in [1.165, 1.54) is 11.9 Å². The molecular weight excluding hydrogens is 396 g/mol. The molecule has 2 aromatic carbocycles. The monoisotopic (exact) mass is 418 g/mol. The first kappa shape index (κ1) is 22.2. The Hall–Kier alpha value is -3.06. The van der Waals surface area contributed by atoms with Crippen LogP contribution in [0, 0.1) is 13.8 Å². The van der Waals surface area contributed by atoms with Gasteiger partial charge in [-0.25, -0.2) is 4.79 Å². The lowest BCUT2D eigenvalue weighted by Crippen LogP contribution is -2.38. The van der Waals surface area contributed by atoms with Gasteiger partial charge in [-0.2, -0.15) is 0 Å². The zero-order valence-corrected chi connectivity index (χ0v) is 17.3. The van der Waals surface area contributed by atoms with Gasteiger partial charge in [-0.15, -0.1) is 0 Å². The van der Waals surface area contributed by atoms with Crippen molar-refractivity contribution in [2.24, 2.45) is 0 Å². The third-order valence-corrected chi connectivity index (χ3v) is 4.40. The lowest BCUT2D eigenvalue weighted by molar-refractivity contribution is -0.153. The Morgan fingerprint density at radius 2 is 1.66 bits per heavy atom. The molecule has 8 heteroatoms. The molecule has 0 spiro atoms. The highest BCUT2D eigenvalue weighted by molar-refractivity contribution is 6.32. The van der Waals surface area contributed by atoms with E-state index in [1.807, 2.05) is 32.0 Å². The highest BCUT2D eigenvalue weighted by Gasteiger charge is 2.16. The number of likely N-dealkylation sites (N-methyl/N-ethyl adjacent to an activating group) is 1. The molecule has 1 N–H and O–H groups in total. The first-order valence-corrected chi connectivity index (χ1v) is 9.28. The van der Waals surface area contributed by atoms with E-state index in [2.05, 4.69) is 5.32 Å². The van der Waals surface area contributed by atoms with Crippen LogP contribution in [0.15, 0.2) is 42.5 Å². The zero-order valence-electron chi connectivity index (χ0n) is 16.5. The molecule has 0 fully saturated rings. The third-order valence-electron chi connectivity index (χ3n) is 4.09. The summed E-state index contributed by atoms with van der Waals surface area (Å²) < 4.78 is 10.1. The van der Waals surface area contributed by atoms with Crippen LogP contribution >= 0.6 is 11.6 Å². The Morgan fingerprint density at radius 1 is 1.00 bits per heavy atom. The third kappa shape index (κ3) is 6.80. The molecule has 0 atom stereocenters. The predicted octanol–water partition coefficient (Wildman–Crippen LogP) is 2.98. The topological polar surface area (TPSA) is 84.9 Å². The van der Waals surface area contributed by atoms with Gasteiger partial charge in [0, 0.05) is 12.7 Å². The number of ether oxygens (including phenoxy) is 2. The summed E-state index contributed by atoms with van der Waals surface area (Å²) in [6.07, 6.45) is 0. The minimum atomic E-state index is -0.716. The smallest absolute Gasteiger partial charge is 0.344 e. The van der Waals surface area contributed by atoms with Crippen LogP contribution in [0.3, 0.4) is 0 Å². The number of amides is 2. The number of para-hydroxylation sites is 2. The SMILES string of the molecule is Cc1cccc(C)c1NC(=O)CN(C)C(=O)COC(=O)COc1ccccc1Cl. The second-order valence-corrected chi connectivity index (χ2v) is 6.85. The largest absolute Gasteiger partial charge is 0.480 e. The van der Waals surface area contributed by atoms with Gasteiger partial charge < -0.3 is 19.7 Å². The second-order valence-electron chi connectivity index (χ2n) is 6.44. The highest BCUT2D eigenvalue weighted by Crippen LogP contribution is 2.23. The molecule has 0 aliphatic carbocycles. The van der Waals surface area contributed by atoms with Crippen molar-refractivity contribution in [3.05, 3.63) is 58.6 Å². The van der Waals surface area contributed by atoms with Gasteiger partial charge in [0.05, 0.1) is 11.6 Å². The summed E-state index contributed by atoms with van der Waals surface area (Å²) in [4.78, 5) is 37.3. The predicted molar refractivity (Wildman–Crippen MR) is 110 cm³/mol. The molecule has 0 aromatic heterocycles. The van der Waals surface area contributed by atoms with Crippen molar-refractivity contribution in [1.82, 2.24) is 4.90 Å². The maximum Gasteiger partial charge on any atom is 0.344 e. The van der Waals surface area contributed by atoms with Crippen molar-refractivity contribution in [3.8, 4) is 5.75 Å². The Labute approximate surface area is 174 Å². The standard InChI is InChI=1S/C21H23ClN2O5/c1-14-7-6-8-15(2)21(14)23-18(25)11-24(3)19(26)12-29-20(27)13-28-17-10-5-4-9-16(17)22/h4-10H,11-13H2,1-3H3,(H,23,25). The number of carbonyl (C=O) groups excluding carboxylic acids is 3. The lowest BCUT2D eigenvalue weighted by atomic mass is 10.1. The van der Waals surface area contributed by atoms with Crippen molar-refractivity contribution in [2.45, 2.75) is 13.8 Å². The average Bonchev–Trinajstić information content (AvgIpc) is 2.68. The van der Waals surface area contributed by atoms with Gasteiger partial charge in [0.2, 0.25) is 5.91 Å². The van der Waals surface area contributed by atoms with Crippen LogP contribution in [0.4, 0.5) is 5.69 Å². The molecule has 7 nitrogen and oxygen atoms in total. The minimum Gasteiger partial charge on any atom is -0.480 e. The van der Waals surface area contributed by atoms with Gasteiger partial charge in [0.15, 0.2) is 13.2 Å². The van der Waals surface area contributed by atoms with E-state index in [0.717, 1.165) is 16.8 Å². The fraction of sp³-hybridized carbons (Fsp3) is 0.286. The van der Waals surface area contributed by atoms with Crippen molar-refractivity contribution < 1.29 is 23.9 Å². The van der Waals surface area contributed by atoms with Crippen molar-refractivity contribution in [2.75, 3.05) is 32.1 Å². The minimum absolute atomic E-state index is 0.166. The molecule has 2 amide bonds. The maximum absolute atomic E-state index is 12.2. The number of nitrogens with one attached hydrogen (secondary N) is 1. The van der Waals surface area contributed by atoms with Crippen molar-refractivity contribution in [3.63, 3.8) is 0 Å². The van der Waals surface area contributed by atoms with E-state index in [1.54, 1.807) is 24.3 Å². The Bertz CT molecular complexity index is 880. The fourth-order valence-electron chi connectivity index (χ4n) is 2.49. The van der Waals surface area contributed by atoms with Crippen molar-refractivity contribution in [1.29, 1.82) is 0 Å². The second kappa shape index (κ2) is 10.5. The molecule has 0 saturated carbocycles. The number of anilines is 1. The molecule has 0 heterocycles. The number of hydrogen-bond donors (Lipinski definition) is 1. The van der Waals surface area contributed by atoms with Gasteiger partial charge in [0.25, 0.3) is 5.91 Å². The molecule has 2 aromatic rings. The number of halogens is 1. The maximum atomic E-state index is 12.2. The molecule has 0 unspecified atom stereocenters. The first-order valence-electron chi connectivity index (χ1n) is 8.91. The number of benzene rings is 2.